The number of rotatable bonds is 1. The molecule has 1 heterocycles. The van der Waals surface area contributed by atoms with Crippen LogP contribution in [0.4, 0.5) is 8.78 Å². The van der Waals surface area contributed by atoms with Crippen LogP contribution in [0.1, 0.15) is 5.69 Å². The lowest BCUT2D eigenvalue weighted by Gasteiger charge is -2.05. The lowest BCUT2D eigenvalue weighted by molar-refractivity contribution is 0.0859. The molecular weight excluding hydrogens is 228 g/mol. The van der Waals surface area contributed by atoms with Crippen LogP contribution in [0.3, 0.4) is 0 Å². The minimum absolute atomic E-state index is 0.146. The normalized spacial score (nSPS) is 11.9. The van der Waals surface area contributed by atoms with Crippen molar-refractivity contribution < 1.29 is 13.2 Å². The average molecular weight is 232 g/mol. The molecule has 0 aliphatic carbocycles. The van der Waals surface area contributed by atoms with Crippen LogP contribution in [0.5, 0.6) is 0 Å². The number of benzene rings is 1. The molecule has 0 N–H and O–H groups in total. The van der Waals surface area contributed by atoms with Gasteiger partial charge in [0.15, 0.2) is 5.58 Å². The topological polar surface area (TPSA) is 43.1 Å². The highest BCUT2D eigenvalue weighted by atomic mass is 35.5. The van der Waals surface area contributed by atoms with Gasteiger partial charge in [-0.15, -0.1) is 0 Å². The first-order chi connectivity index (χ1) is 6.98. The SMILES string of the molecule is O=c1oc2ccccc2nc1C(F)(F)Cl. The largest absolute Gasteiger partial charge is 0.420 e. The molecule has 0 aliphatic heterocycles. The summed E-state index contributed by atoms with van der Waals surface area (Å²) >= 11 is 4.71. The van der Waals surface area contributed by atoms with Crippen LogP contribution in [-0.2, 0) is 5.38 Å². The van der Waals surface area contributed by atoms with E-state index in [-0.39, 0.29) is 11.1 Å². The molecule has 0 fully saturated rings. The van der Waals surface area contributed by atoms with E-state index in [2.05, 4.69) is 9.40 Å². The van der Waals surface area contributed by atoms with E-state index >= 15 is 0 Å². The van der Waals surface area contributed by atoms with Crippen molar-refractivity contribution in [1.82, 2.24) is 4.98 Å². The van der Waals surface area contributed by atoms with E-state index < -0.39 is 16.7 Å². The summed E-state index contributed by atoms with van der Waals surface area (Å²) in [5.41, 5.74) is -2.02. The number of fused-ring (bicyclic) bond motifs is 1. The highest BCUT2D eigenvalue weighted by Gasteiger charge is 2.34. The third-order valence-electron chi connectivity index (χ3n) is 1.76. The van der Waals surface area contributed by atoms with E-state index in [0.717, 1.165) is 0 Å². The Morgan fingerprint density at radius 3 is 2.67 bits per heavy atom. The molecule has 0 spiro atoms. The highest BCUT2D eigenvalue weighted by molar-refractivity contribution is 6.21. The lowest BCUT2D eigenvalue weighted by atomic mass is 10.3. The van der Waals surface area contributed by atoms with Gasteiger partial charge < -0.3 is 4.42 Å². The fraction of sp³-hybridized carbons (Fsp3) is 0.111. The third kappa shape index (κ3) is 1.83. The first-order valence-corrected chi connectivity index (χ1v) is 4.33. The summed E-state index contributed by atoms with van der Waals surface area (Å²) in [7, 11) is 0. The molecule has 0 radical (unpaired) electrons. The van der Waals surface area contributed by atoms with Crippen molar-refractivity contribution in [1.29, 1.82) is 0 Å². The van der Waals surface area contributed by atoms with Gasteiger partial charge in [0.05, 0.1) is 0 Å². The van der Waals surface area contributed by atoms with E-state index in [1.165, 1.54) is 12.1 Å². The number of para-hydroxylation sites is 2. The average Bonchev–Trinajstić information content (AvgIpc) is 2.15. The molecule has 0 amide bonds. The summed E-state index contributed by atoms with van der Waals surface area (Å²) in [6.07, 6.45) is 0. The molecule has 15 heavy (non-hydrogen) atoms. The molecule has 1 aromatic heterocycles. The second-order valence-electron chi connectivity index (χ2n) is 2.82. The fourth-order valence-electron chi connectivity index (χ4n) is 1.13. The smallest absolute Gasteiger partial charge is 0.372 e. The van der Waals surface area contributed by atoms with Gasteiger partial charge in [-0.3, -0.25) is 0 Å². The zero-order chi connectivity index (χ0) is 11.1. The van der Waals surface area contributed by atoms with Crippen molar-refractivity contribution in [3.8, 4) is 0 Å². The number of halogens is 3. The van der Waals surface area contributed by atoms with Crippen molar-refractivity contribution in [2.24, 2.45) is 0 Å². The number of nitrogens with zero attached hydrogens (tertiary/aromatic N) is 1. The van der Waals surface area contributed by atoms with Crippen LogP contribution < -0.4 is 5.63 Å². The first kappa shape index (κ1) is 10.0. The fourth-order valence-corrected chi connectivity index (χ4v) is 1.25. The Bertz CT molecular complexity index is 562. The van der Waals surface area contributed by atoms with Crippen LogP contribution >= 0.6 is 11.6 Å². The van der Waals surface area contributed by atoms with Gasteiger partial charge in [0.2, 0.25) is 5.69 Å². The van der Waals surface area contributed by atoms with Crippen molar-refractivity contribution in [2.45, 2.75) is 5.38 Å². The number of hydrogen-bond acceptors (Lipinski definition) is 3. The van der Waals surface area contributed by atoms with Crippen molar-refractivity contribution in [2.75, 3.05) is 0 Å². The molecular formula is C9H4ClF2NO2. The van der Waals surface area contributed by atoms with Gasteiger partial charge in [-0.05, 0) is 23.7 Å². The molecule has 0 bridgehead atoms. The van der Waals surface area contributed by atoms with Gasteiger partial charge in [0, 0.05) is 0 Å². The van der Waals surface area contributed by atoms with Crippen LogP contribution in [0.15, 0.2) is 33.5 Å². The van der Waals surface area contributed by atoms with Crippen molar-refractivity contribution in [3.05, 3.63) is 40.4 Å². The minimum Gasteiger partial charge on any atom is -0.420 e. The van der Waals surface area contributed by atoms with Gasteiger partial charge in [0.1, 0.15) is 5.52 Å². The summed E-state index contributed by atoms with van der Waals surface area (Å²) in [5, 5.41) is -3.81. The highest BCUT2D eigenvalue weighted by Crippen LogP contribution is 2.29. The molecule has 2 aromatic rings. The standard InChI is InChI=1S/C9H4ClF2NO2/c10-9(11,12)7-8(14)15-6-4-2-1-3-5(6)13-7/h1-4H. The molecule has 0 unspecified atom stereocenters. The Morgan fingerprint density at radius 2 is 2.00 bits per heavy atom. The molecule has 78 valence electrons. The maximum atomic E-state index is 12.7. The van der Waals surface area contributed by atoms with Crippen LogP contribution in [0.2, 0.25) is 0 Å². The second-order valence-corrected chi connectivity index (χ2v) is 3.29. The summed E-state index contributed by atoms with van der Waals surface area (Å²) in [4.78, 5) is 14.5. The van der Waals surface area contributed by atoms with Crippen LogP contribution in [0, 0.1) is 0 Å². The number of hydrogen-bond donors (Lipinski definition) is 0. The molecule has 0 saturated carbocycles. The molecule has 0 saturated heterocycles. The molecule has 1 aromatic carbocycles. The van der Waals surface area contributed by atoms with E-state index in [9.17, 15) is 13.6 Å². The third-order valence-corrected chi connectivity index (χ3v) is 1.94. The molecule has 0 atom stereocenters. The second kappa shape index (κ2) is 3.27. The number of alkyl halides is 3. The Morgan fingerprint density at radius 1 is 1.33 bits per heavy atom. The summed E-state index contributed by atoms with van der Waals surface area (Å²) in [5.74, 6) is 0. The summed E-state index contributed by atoms with van der Waals surface area (Å²) in [6.45, 7) is 0. The molecule has 6 heteroatoms. The number of aromatic nitrogens is 1. The molecule has 0 aliphatic rings. The van der Waals surface area contributed by atoms with Gasteiger partial charge >= 0.3 is 11.0 Å². The van der Waals surface area contributed by atoms with Crippen LogP contribution in [0.25, 0.3) is 11.1 Å². The van der Waals surface area contributed by atoms with Gasteiger partial charge in [-0.1, -0.05) is 12.1 Å². The Labute approximate surface area is 87.3 Å². The zero-order valence-corrected chi connectivity index (χ0v) is 7.96. The van der Waals surface area contributed by atoms with Gasteiger partial charge in [-0.25, -0.2) is 9.78 Å². The zero-order valence-electron chi connectivity index (χ0n) is 7.21. The van der Waals surface area contributed by atoms with Crippen molar-refractivity contribution >= 4 is 22.7 Å². The Balaban J connectivity index is 2.79. The minimum atomic E-state index is -3.81. The Hall–Kier alpha value is -1.49. The summed E-state index contributed by atoms with van der Waals surface area (Å²) < 4.78 is 30.0. The maximum absolute atomic E-state index is 12.7. The summed E-state index contributed by atoms with van der Waals surface area (Å²) in [6, 6.07) is 6.10. The maximum Gasteiger partial charge on any atom is 0.372 e. The quantitative estimate of drug-likeness (QED) is 0.708. The van der Waals surface area contributed by atoms with Crippen molar-refractivity contribution in [3.63, 3.8) is 0 Å². The van der Waals surface area contributed by atoms with E-state index in [1.807, 2.05) is 0 Å². The lowest BCUT2D eigenvalue weighted by Crippen LogP contribution is -2.19. The predicted molar refractivity (Wildman–Crippen MR) is 50.0 cm³/mol. The predicted octanol–water partition coefficient (Wildman–Crippen LogP) is 2.48. The van der Waals surface area contributed by atoms with E-state index in [4.69, 9.17) is 11.6 Å². The van der Waals surface area contributed by atoms with Gasteiger partial charge in [-0.2, -0.15) is 8.78 Å². The molecule has 3 nitrogen and oxygen atoms in total. The molecule has 2 rings (SSSR count). The monoisotopic (exact) mass is 231 g/mol. The Kier molecular flexibility index (Phi) is 2.19. The van der Waals surface area contributed by atoms with E-state index in [1.54, 1.807) is 12.1 Å². The first-order valence-electron chi connectivity index (χ1n) is 3.95. The van der Waals surface area contributed by atoms with Crippen LogP contribution in [-0.4, -0.2) is 4.98 Å². The van der Waals surface area contributed by atoms with E-state index in [0.29, 0.717) is 0 Å². The van der Waals surface area contributed by atoms with Gasteiger partial charge in [0.25, 0.3) is 0 Å².